The largest absolute Gasteiger partial charge is 0.466 e. The summed E-state index contributed by atoms with van der Waals surface area (Å²) in [4.78, 5) is 10.8. The fourth-order valence-corrected chi connectivity index (χ4v) is 4.64. The summed E-state index contributed by atoms with van der Waals surface area (Å²) < 4.78 is 5.20. The Morgan fingerprint density at radius 1 is 1.20 bits per heavy atom. The van der Waals surface area contributed by atoms with Crippen LogP contribution in [0.1, 0.15) is 39.0 Å². The minimum Gasteiger partial charge on any atom is -0.466 e. The molecule has 0 heterocycles. The van der Waals surface area contributed by atoms with Crippen LogP contribution in [0.4, 0.5) is 0 Å². The number of esters is 1. The smallest absolute Gasteiger partial charge is 0.302 e. The lowest BCUT2D eigenvalue weighted by Crippen LogP contribution is -2.25. The molecule has 3 fully saturated rings. The summed E-state index contributed by atoms with van der Waals surface area (Å²) in [5.74, 6) is 4.48. The number of carbonyl (C=O) groups is 1. The van der Waals surface area contributed by atoms with E-state index in [1.54, 1.807) is 0 Å². The first-order chi connectivity index (χ1) is 7.25. The topological polar surface area (TPSA) is 26.3 Å². The first kappa shape index (κ1) is 9.68. The molecule has 0 N–H and O–H groups in total. The molecule has 0 saturated heterocycles. The summed E-state index contributed by atoms with van der Waals surface area (Å²) in [5.41, 5.74) is 0. The highest BCUT2D eigenvalue weighted by Gasteiger charge is 2.53. The number of carbonyl (C=O) groups excluding carboxylic acids is 1. The predicted molar refractivity (Wildman–Crippen MR) is 57.2 cm³/mol. The average Bonchev–Trinajstić information content (AvgIpc) is 2.87. The predicted octanol–water partition coefficient (Wildman–Crippen LogP) is 2.62. The van der Waals surface area contributed by atoms with Crippen LogP contribution >= 0.6 is 0 Å². The van der Waals surface area contributed by atoms with Crippen LogP contribution in [0.5, 0.6) is 0 Å². The molecule has 3 aliphatic rings. The van der Waals surface area contributed by atoms with E-state index in [2.05, 4.69) is 0 Å². The Labute approximate surface area is 91.4 Å². The van der Waals surface area contributed by atoms with Gasteiger partial charge in [-0.3, -0.25) is 4.79 Å². The van der Waals surface area contributed by atoms with Crippen LogP contribution in [-0.4, -0.2) is 12.6 Å². The quantitative estimate of drug-likeness (QED) is 0.652. The molecule has 2 heteroatoms. The maximum Gasteiger partial charge on any atom is 0.302 e. The second-order valence-corrected chi connectivity index (χ2v) is 5.71. The molecule has 0 amide bonds. The standard InChI is InChI=1S/C13H20O2/c1-8(14)15-7-11-4-5-12-9-2-3-10(6-9)13(11)12/h9-13H,2-7H2,1H3/t9-,10+,11+,12+,13-/m1/s1. The van der Waals surface area contributed by atoms with Crippen LogP contribution in [0.25, 0.3) is 0 Å². The van der Waals surface area contributed by atoms with E-state index in [-0.39, 0.29) is 5.97 Å². The van der Waals surface area contributed by atoms with Gasteiger partial charge in [0.15, 0.2) is 0 Å². The molecule has 0 unspecified atom stereocenters. The SMILES string of the molecule is CC(=O)OC[C@@H]1CC[C@H]2[C@@H]3CC[C@@H](C3)[C@H]12. The van der Waals surface area contributed by atoms with Crippen molar-refractivity contribution in [3.05, 3.63) is 0 Å². The zero-order valence-electron chi connectivity index (χ0n) is 9.45. The van der Waals surface area contributed by atoms with Gasteiger partial charge in [-0.05, 0) is 61.7 Å². The van der Waals surface area contributed by atoms with Gasteiger partial charge in [-0.25, -0.2) is 0 Å². The molecule has 2 bridgehead atoms. The van der Waals surface area contributed by atoms with E-state index in [9.17, 15) is 4.79 Å². The molecule has 0 radical (unpaired) electrons. The Balaban J connectivity index is 1.65. The highest BCUT2D eigenvalue weighted by molar-refractivity contribution is 5.65. The monoisotopic (exact) mass is 208 g/mol. The van der Waals surface area contributed by atoms with Gasteiger partial charge in [0.1, 0.15) is 0 Å². The third kappa shape index (κ3) is 1.49. The number of hydrogen-bond acceptors (Lipinski definition) is 2. The van der Waals surface area contributed by atoms with Crippen molar-refractivity contribution in [3.63, 3.8) is 0 Å². The van der Waals surface area contributed by atoms with Gasteiger partial charge in [0.2, 0.25) is 0 Å². The Kier molecular flexibility index (Phi) is 2.26. The second kappa shape index (κ2) is 3.50. The Hall–Kier alpha value is -0.530. The number of ether oxygens (including phenoxy) is 1. The van der Waals surface area contributed by atoms with Crippen LogP contribution in [0.2, 0.25) is 0 Å². The maximum absolute atomic E-state index is 10.8. The van der Waals surface area contributed by atoms with E-state index in [0.717, 1.165) is 23.7 Å². The average molecular weight is 208 g/mol. The Bertz CT molecular complexity index is 274. The van der Waals surface area contributed by atoms with Crippen molar-refractivity contribution in [2.24, 2.45) is 29.6 Å². The first-order valence-electron chi connectivity index (χ1n) is 6.39. The van der Waals surface area contributed by atoms with Gasteiger partial charge in [-0.15, -0.1) is 0 Å². The molecule has 0 aromatic rings. The fourth-order valence-electron chi connectivity index (χ4n) is 4.64. The van der Waals surface area contributed by atoms with Crippen molar-refractivity contribution in [1.29, 1.82) is 0 Å². The minimum absolute atomic E-state index is 0.110. The molecular weight excluding hydrogens is 188 g/mol. The molecule has 3 saturated carbocycles. The zero-order chi connectivity index (χ0) is 10.4. The fraction of sp³-hybridized carbons (Fsp3) is 0.923. The Morgan fingerprint density at radius 3 is 2.80 bits per heavy atom. The van der Waals surface area contributed by atoms with Crippen molar-refractivity contribution in [3.8, 4) is 0 Å². The van der Waals surface area contributed by atoms with Crippen LogP contribution in [0, 0.1) is 29.6 Å². The molecule has 84 valence electrons. The summed E-state index contributed by atoms with van der Waals surface area (Å²) in [6.07, 6.45) is 7.10. The van der Waals surface area contributed by atoms with E-state index < -0.39 is 0 Å². The van der Waals surface area contributed by atoms with Crippen molar-refractivity contribution in [2.45, 2.75) is 39.0 Å². The zero-order valence-corrected chi connectivity index (χ0v) is 9.45. The summed E-state index contributed by atoms with van der Waals surface area (Å²) >= 11 is 0. The molecule has 2 nitrogen and oxygen atoms in total. The van der Waals surface area contributed by atoms with E-state index in [0.29, 0.717) is 12.5 Å². The normalized spacial score (nSPS) is 46.9. The van der Waals surface area contributed by atoms with E-state index in [4.69, 9.17) is 4.74 Å². The Morgan fingerprint density at radius 2 is 2.00 bits per heavy atom. The first-order valence-corrected chi connectivity index (χ1v) is 6.39. The molecule has 0 aromatic carbocycles. The van der Waals surface area contributed by atoms with Crippen molar-refractivity contribution < 1.29 is 9.53 Å². The van der Waals surface area contributed by atoms with Gasteiger partial charge in [0.05, 0.1) is 6.61 Å². The highest BCUT2D eigenvalue weighted by Crippen LogP contribution is 2.60. The van der Waals surface area contributed by atoms with Gasteiger partial charge in [-0.2, -0.15) is 0 Å². The second-order valence-electron chi connectivity index (χ2n) is 5.71. The van der Waals surface area contributed by atoms with Crippen molar-refractivity contribution in [1.82, 2.24) is 0 Å². The minimum atomic E-state index is -0.110. The lowest BCUT2D eigenvalue weighted by Gasteiger charge is -2.28. The molecule has 0 aromatic heterocycles. The lowest BCUT2D eigenvalue weighted by atomic mass is 9.78. The van der Waals surface area contributed by atoms with E-state index in [1.807, 2.05) is 0 Å². The number of rotatable bonds is 2. The molecule has 15 heavy (non-hydrogen) atoms. The van der Waals surface area contributed by atoms with Gasteiger partial charge < -0.3 is 4.74 Å². The maximum atomic E-state index is 10.8. The van der Waals surface area contributed by atoms with Gasteiger partial charge in [-0.1, -0.05) is 0 Å². The summed E-state index contributed by atoms with van der Waals surface area (Å²) in [6, 6.07) is 0. The number of fused-ring (bicyclic) bond motifs is 5. The van der Waals surface area contributed by atoms with Crippen LogP contribution in [0.3, 0.4) is 0 Å². The molecule has 3 rings (SSSR count). The molecule has 3 aliphatic carbocycles. The van der Waals surface area contributed by atoms with Gasteiger partial charge in [0, 0.05) is 6.92 Å². The van der Waals surface area contributed by atoms with Gasteiger partial charge >= 0.3 is 5.97 Å². The third-order valence-corrected chi connectivity index (χ3v) is 5.07. The van der Waals surface area contributed by atoms with E-state index >= 15 is 0 Å². The van der Waals surface area contributed by atoms with E-state index in [1.165, 1.54) is 39.0 Å². The van der Waals surface area contributed by atoms with Crippen LogP contribution in [-0.2, 0) is 9.53 Å². The van der Waals surface area contributed by atoms with Crippen molar-refractivity contribution in [2.75, 3.05) is 6.61 Å². The van der Waals surface area contributed by atoms with Gasteiger partial charge in [0.25, 0.3) is 0 Å². The molecule has 5 atom stereocenters. The van der Waals surface area contributed by atoms with Crippen LogP contribution in [0.15, 0.2) is 0 Å². The highest BCUT2D eigenvalue weighted by atomic mass is 16.5. The van der Waals surface area contributed by atoms with Crippen LogP contribution < -0.4 is 0 Å². The molecule has 0 aliphatic heterocycles. The summed E-state index contributed by atoms with van der Waals surface area (Å²) in [7, 11) is 0. The number of hydrogen-bond donors (Lipinski definition) is 0. The van der Waals surface area contributed by atoms with Crippen molar-refractivity contribution >= 4 is 5.97 Å². The summed E-state index contributed by atoms with van der Waals surface area (Å²) in [5, 5.41) is 0. The summed E-state index contributed by atoms with van der Waals surface area (Å²) in [6.45, 7) is 2.22. The molecular formula is C13H20O2. The third-order valence-electron chi connectivity index (χ3n) is 5.07. The molecule has 0 spiro atoms. The lowest BCUT2D eigenvalue weighted by molar-refractivity contribution is -0.142.